The minimum Gasteiger partial charge on any atom is -0.383 e. The number of fused-ring (bicyclic) bond motifs is 1. The van der Waals surface area contributed by atoms with Crippen LogP contribution >= 0.6 is 0 Å². The fraction of sp³-hybridized carbons (Fsp3) is 0.538. The molecule has 0 saturated heterocycles. The minimum absolute atomic E-state index is 0.270. The van der Waals surface area contributed by atoms with Gasteiger partial charge in [0, 0.05) is 25.6 Å². The maximum absolute atomic E-state index is 12.7. The number of halogens is 3. The summed E-state index contributed by atoms with van der Waals surface area (Å²) < 4.78 is 38.1. The molecular formula is C13H15F3N2. The van der Waals surface area contributed by atoms with Crippen LogP contribution in [0.5, 0.6) is 0 Å². The van der Waals surface area contributed by atoms with E-state index < -0.39 is 11.7 Å². The van der Waals surface area contributed by atoms with Crippen LogP contribution in [0.4, 0.5) is 24.5 Å². The number of nitrogens with one attached hydrogen (secondary N) is 1. The van der Waals surface area contributed by atoms with Crippen molar-refractivity contribution in [2.75, 3.05) is 30.4 Å². The lowest BCUT2D eigenvalue weighted by atomic mass is 10.1. The van der Waals surface area contributed by atoms with Gasteiger partial charge in [-0.2, -0.15) is 13.2 Å². The molecule has 1 aromatic carbocycles. The molecule has 1 aromatic rings. The highest BCUT2D eigenvalue weighted by atomic mass is 19.4. The van der Waals surface area contributed by atoms with E-state index >= 15 is 0 Å². The van der Waals surface area contributed by atoms with Crippen molar-refractivity contribution in [2.24, 2.45) is 5.41 Å². The van der Waals surface area contributed by atoms with Crippen LogP contribution in [0.3, 0.4) is 0 Å². The van der Waals surface area contributed by atoms with Crippen molar-refractivity contribution in [1.29, 1.82) is 0 Å². The van der Waals surface area contributed by atoms with E-state index in [0.717, 1.165) is 37.7 Å². The van der Waals surface area contributed by atoms with Gasteiger partial charge in [-0.1, -0.05) is 0 Å². The van der Waals surface area contributed by atoms with Crippen LogP contribution in [0, 0.1) is 5.41 Å². The Balaban J connectivity index is 1.98. The highest BCUT2D eigenvalue weighted by Gasteiger charge is 2.45. The third-order valence-corrected chi connectivity index (χ3v) is 3.92. The fourth-order valence-corrected chi connectivity index (χ4v) is 2.61. The van der Waals surface area contributed by atoms with E-state index in [0.29, 0.717) is 5.69 Å². The summed E-state index contributed by atoms with van der Waals surface area (Å²) in [6, 6.07) is 3.92. The monoisotopic (exact) mass is 256 g/mol. The number of alkyl halides is 3. The second-order valence-electron chi connectivity index (χ2n) is 5.44. The molecule has 0 aromatic heterocycles. The largest absolute Gasteiger partial charge is 0.416 e. The lowest BCUT2D eigenvalue weighted by Crippen LogP contribution is -2.27. The Morgan fingerprint density at radius 2 is 2.00 bits per heavy atom. The molecule has 1 spiro atoms. The molecule has 1 aliphatic carbocycles. The number of hydrogen-bond donors (Lipinski definition) is 1. The van der Waals surface area contributed by atoms with Crippen molar-refractivity contribution in [3.8, 4) is 0 Å². The zero-order valence-corrected chi connectivity index (χ0v) is 10.1. The Morgan fingerprint density at radius 1 is 1.28 bits per heavy atom. The summed E-state index contributed by atoms with van der Waals surface area (Å²) in [6.07, 6.45) is -1.96. The summed E-state index contributed by atoms with van der Waals surface area (Å²) in [7, 11) is 1.87. The van der Waals surface area contributed by atoms with Gasteiger partial charge in [0.2, 0.25) is 0 Å². The zero-order valence-electron chi connectivity index (χ0n) is 10.1. The standard InChI is InChI=1S/C13H15F3N2/c1-18-8-12(4-5-12)7-17-10-3-2-9(6-11(10)18)13(14,15)16/h2-3,6,17H,4-5,7-8H2,1H3. The summed E-state index contributed by atoms with van der Waals surface area (Å²) in [4.78, 5) is 1.94. The van der Waals surface area contributed by atoms with Crippen molar-refractivity contribution in [3.05, 3.63) is 23.8 Å². The molecule has 1 heterocycles. The van der Waals surface area contributed by atoms with Crippen LogP contribution in [0.25, 0.3) is 0 Å². The van der Waals surface area contributed by atoms with Gasteiger partial charge in [-0.25, -0.2) is 0 Å². The highest BCUT2D eigenvalue weighted by molar-refractivity contribution is 5.72. The maximum Gasteiger partial charge on any atom is 0.416 e. The molecule has 1 fully saturated rings. The molecule has 1 N–H and O–H groups in total. The molecule has 0 amide bonds. The van der Waals surface area contributed by atoms with E-state index in [-0.39, 0.29) is 5.41 Å². The summed E-state index contributed by atoms with van der Waals surface area (Å²) in [6.45, 7) is 1.68. The maximum atomic E-state index is 12.7. The number of nitrogens with zero attached hydrogens (tertiary/aromatic N) is 1. The zero-order chi connectivity index (χ0) is 13.0. The Morgan fingerprint density at radius 3 is 2.61 bits per heavy atom. The van der Waals surface area contributed by atoms with Crippen LogP contribution in [0.1, 0.15) is 18.4 Å². The van der Waals surface area contributed by atoms with Gasteiger partial charge < -0.3 is 10.2 Å². The average molecular weight is 256 g/mol. The lowest BCUT2D eigenvalue weighted by molar-refractivity contribution is -0.137. The average Bonchev–Trinajstić information content (AvgIpc) is 3.06. The van der Waals surface area contributed by atoms with E-state index in [1.807, 2.05) is 11.9 Å². The lowest BCUT2D eigenvalue weighted by Gasteiger charge is -2.22. The second kappa shape index (κ2) is 3.56. The Kier molecular flexibility index (Phi) is 2.31. The number of rotatable bonds is 0. The molecule has 18 heavy (non-hydrogen) atoms. The predicted octanol–water partition coefficient (Wildman–Crippen LogP) is 3.35. The predicted molar refractivity (Wildman–Crippen MR) is 64.9 cm³/mol. The Bertz CT molecular complexity index is 478. The van der Waals surface area contributed by atoms with Gasteiger partial charge in [0.05, 0.1) is 16.9 Å². The summed E-state index contributed by atoms with van der Waals surface area (Å²) in [5, 5.41) is 3.28. The molecule has 1 aliphatic heterocycles. The van der Waals surface area contributed by atoms with Crippen LogP contribution < -0.4 is 10.2 Å². The van der Waals surface area contributed by atoms with Gasteiger partial charge in [0.15, 0.2) is 0 Å². The van der Waals surface area contributed by atoms with Crippen LogP contribution in [0.15, 0.2) is 18.2 Å². The SMILES string of the molecule is CN1CC2(CC2)CNc2ccc(C(F)(F)F)cc21. The van der Waals surface area contributed by atoms with Gasteiger partial charge in [-0.05, 0) is 31.0 Å². The van der Waals surface area contributed by atoms with E-state index in [1.54, 1.807) is 0 Å². The molecule has 0 atom stereocenters. The van der Waals surface area contributed by atoms with Crippen molar-refractivity contribution < 1.29 is 13.2 Å². The number of hydrogen-bond acceptors (Lipinski definition) is 2. The van der Waals surface area contributed by atoms with E-state index in [4.69, 9.17) is 0 Å². The van der Waals surface area contributed by atoms with E-state index in [2.05, 4.69) is 5.32 Å². The van der Waals surface area contributed by atoms with Crippen LogP contribution in [-0.2, 0) is 6.18 Å². The van der Waals surface area contributed by atoms with Crippen molar-refractivity contribution >= 4 is 11.4 Å². The Labute approximate surface area is 104 Å². The summed E-state index contributed by atoms with van der Waals surface area (Å²) in [5.74, 6) is 0. The third-order valence-electron chi connectivity index (χ3n) is 3.92. The molecule has 3 rings (SSSR count). The molecule has 0 unspecified atom stereocenters. The third kappa shape index (κ3) is 1.91. The van der Waals surface area contributed by atoms with Gasteiger partial charge >= 0.3 is 6.18 Å². The first kappa shape index (κ1) is 11.7. The normalized spacial score (nSPS) is 21.2. The van der Waals surface area contributed by atoms with Gasteiger partial charge in [0.25, 0.3) is 0 Å². The van der Waals surface area contributed by atoms with Gasteiger partial charge in [0.1, 0.15) is 0 Å². The number of benzene rings is 1. The summed E-state index contributed by atoms with van der Waals surface area (Å²) in [5.41, 5.74) is 1.14. The molecule has 2 aliphatic rings. The summed E-state index contributed by atoms with van der Waals surface area (Å²) >= 11 is 0. The molecule has 2 nitrogen and oxygen atoms in total. The van der Waals surface area contributed by atoms with Gasteiger partial charge in [-0.15, -0.1) is 0 Å². The van der Waals surface area contributed by atoms with Crippen molar-refractivity contribution in [1.82, 2.24) is 0 Å². The van der Waals surface area contributed by atoms with E-state index in [1.165, 1.54) is 12.1 Å². The van der Waals surface area contributed by atoms with Crippen LogP contribution in [0.2, 0.25) is 0 Å². The smallest absolute Gasteiger partial charge is 0.383 e. The minimum atomic E-state index is -4.28. The fourth-order valence-electron chi connectivity index (χ4n) is 2.61. The molecular weight excluding hydrogens is 241 g/mol. The first-order valence-corrected chi connectivity index (χ1v) is 6.06. The van der Waals surface area contributed by atoms with E-state index in [9.17, 15) is 13.2 Å². The molecule has 0 bridgehead atoms. The first-order valence-electron chi connectivity index (χ1n) is 6.06. The van der Waals surface area contributed by atoms with Crippen molar-refractivity contribution in [3.63, 3.8) is 0 Å². The Hall–Kier alpha value is -1.39. The van der Waals surface area contributed by atoms with Crippen molar-refractivity contribution in [2.45, 2.75) is 19.0 Å². The topological polar surface area (TPSA) is 15.3 Å². The van der Waals surface area contributed by atoms with Gasteiger partial charge in [-0.3, -0.25) is 0 Å². The first-order chi connectivity index (χ1) is 8.40. The molecule has 5 heteroatoms. The molecule has 1 saturated carbocycles. The molecule has 98 valence electrons. The molecule has 0 radical (unpaired) electrons. The highest BCUT2D eigenvalue weighted by Crippen LogP contribution is 2.49. The number of anilines is 2. The second-order valence-corrected chi connectivity index (χ2v) is 5.44. The quantitative estimate of drug-likeness (QED) is 0.765. The van der Waals surface area contributed by atoms with Crippen LogP contribution in [-0.4, -0.2) is 20.1 Å².